The van der Waals surface area contributed by atoms with Crippen LogP contribution in [0.2, 0.25) is 0 Å². The number of aromatic nitrogens is 2. The summed E-state index contributed by atoms with van der Waals surface area (Å²) in [6.45, 7) is 11.9. The highest BCUT2D eigenvalue weighted by molar-refractivity contribution is 5.49. The zero-order chi connectivity index (χ0) is 14.4. The number of rotatable bonds is 7. The molecule has 0 aromatic carbocycles. The van der Waals surface area contributed by atoms with E-state index in [0.717, 1.165) is 36.7 Å². The molecule has 1 heterocycles. The van der Waals surface area contributed by atoms with Crippen molar-refractivity contribution in [2.24, 2.45) is 5.92 Å². The Morgan fingerprint density at radius 1 is 1.32 bits per heavy atom. The molecule has 4 heteroatoms. The van der Waals surface area contributed by atoms with Gasteiger partial charge in [0.2, 0.25) is 5.95 Å². The predicted octanol–water partition coefficient (Wildman–Crippen LogP) is 3.48. The van der Waals surface area contributed by atoms with Crippen molar-refractivity contribution in [3.8, 4) is 0 Å². The second kappa shape index (κ2) is 7.31. The summed E-state index contributed by atoms with van der Waals surface area (Å²) in [6.07, 6.45) is 4.14. The summed E-state index contributed by atoms with van der Waals surface area (Å²) in [6, 6.07) is 0.479. The molecule has 0 fully saturated rings. The van der Waals surface area contributed by atoms with Gasteiger partial charge in [-0.2, -0.15) is 4.98 Å². The van der Waals surface area contributed by atoms with Crippen LogP contribution < -0.4 is 10.2 Å². The molecule has 0 aliphatic heterocycles. The SMILES string of the molecule is CCCNc1ncc(C)c(N(C)C(C)CC(C)C)n1. The number of nitrogens with zero attached hydrogens (tertiary/aromatic N) is 3. The van der Waals surface area contributed by atoms with Crippen molar-refractivity contribution in [1.82, 2.24) is 9.97 Å². The van der Waals surface area contributed by atoms with Crippen molar-refractivity contribution in [3.05, 3.63) is 11.8 Å². The van der Waals surface area contributed by atoms with Crippen LogP contribution in [0.3, 0.4) is 0 Å². The van der Waals surface area contributed by atoms with Gasteiger partial charge >= 0.3 is 0 Å². The fraction of sp³-hybridized carbons (Fsp3) is 0.733. The Balaban J connectivity index is 2.85. The first-order chi connectivity index (χ1) is 8.95. The molecule has 0 bridgehead atoms. The van der Waals surface area contributed by atoms with Crippen molar-refractivity contribution in [2.75, 3.05) is 23.8 Å². The van der Waals surface area contributed by atoms with Crippen LogP contribution in [-0.2, 0) is 0 Å². The van der Waals surface area contributed by atoms with Crippen LogP contribution in [-0.4, -0.2) is 29.6 Å². The average molecular weight is 264 g/mol. The van der Waals surface area contributed by atoms with Crippen LogP contribution in [0.1, 0.15) is 46.1 Å². The molecule has 0 spiro atoms. The molecule has 0 amide bonds. The van der Waals surface area contributed by atoms with Gasteiger partial charge in [-0.1, -0.05) is 20.8 Å². The van der Waals surface area contributed by atoms with Crippen molar-refractivity contribution >= 4 is 11.8 Å². The Labute approximate surface area is 117 Å². The lowest BCUT2D eigenvalue weighted by Gasteiger charge is -2.28. The first-order valence-electron chi connectivity index (χ1n) is 7.26. The van der Waals surface area contributed by atoms with E-state index in [9.17, 15) is 0 Å². The molecule has 0 aliphatic carbocycles. The molecule has 0 aliphatic rings. The number of nitrogens with one attached hydrogen (secondary N) is 1. The Hall–Kier alpha value is -1.32. The smallest absolute Gasteiger partial charge is 0.224 e. The summed E-state index contributed by atoms with van der Waals surface area (Å²) in [7, 11) is 2.12. The predicted molar refractivity (Wildman–Crippen MR) is 82.9 cm³/mol. The lowest BCUT2D eigenvalue weighted by Crippen LogP contribution is -2.31. The molecule has 19 heavy (non-hydrogen) atoms. The normalized spacial score (nSPS) is 12.6. The lowest BCUT2D eigenvalue weighted by atomic mass is 10.0. The molecule has 0 saturated heterocycles. The molecule has 1 rings (SSSR count). The van der Waals surface area contributed by atoms with E-state index in [-0.39, 0.29) is 0 Å². The first-order valence-corrected chi connectivity index (χ1v) is 7.26. The van der Waals surface area contributed by atoms with E-state index in [1.807, 2.05) is 6.20 Å². The van der Waals surface area contributed by atoms with Gasteiger partial charge in [0.15, 0.2) is 0 Å². The average Bonchev–Trinajstić information content (AvgIpc) is 2.36. The van der Waals surface area contributed by atoms with Crippen molar-refractivity contribution in [2.45, 2.75) is 53.5 Å². The molecular formula is C15H28N4. The van der Waals surface area contributed by atoms with Crippen molar-refractivity contribution in [1.29, 1.82) is 0 Å². The summed E-state index contributed by atoms with van der Waals surface area (Å²) in [5.74, 6) is 2.45. The fourth-order valence-electron chi connectivity index (χ4n) is 2.16. The zero-order valence-electron chi connectivity index (χ0n) is 13.2. The third kappa shape index (κ3) is 4.69. The van der Waals surface area contributed by atoms with E-state index in [0.29, 0.717) is 12.0 Å². The van der Waals surface area contributed by atoms with Gasteiger partial charge in [-0.15, -0.1) is 0 Å². The summed E-state index contributed by atoms with van der Waals surface area (Å²) < 4.78 is 0. The third-order valence-electron chi connectivity index (χ3n) is 3.29. The minimum absolute atomic E-state index is 0.479. The van der Waals surface area contributed by atoms with Gasteiger partial charge in [0, 0.05) is 31.4 Å². The van der Waals surface area contributed by atoms with Crippen LogP contribution in [0.15, 0.2) is 6.20 Å². The second-order valence-electron chi connectivity index (χ2n) is 5.72. The van der Waals surface area contributed by atoms with Crippen molar-refractivity contribution in [3.63, 3.8) is 0 Å². The molecule has 0 saturated carbocycles. The topological polar surface area (TPSA) is 41.1 Å². The maximum absolute atomic E-state index is 4.64. The summed E-state index contributed by atoms with van der Waals surface area (Å²) >= 11 is 0. The van der Waals surface area contributed by atoms with Crippen LogP contribution in [0.4, 0.5) is 11.8 Å². The minimum atomic E-state index is 0.479. The highest BCUT2D eigenvalue weighted by Crippen LogP contribution is 2.21. The van der Waals surface area contributed by atoms with Crippen LogP contribution in [0.5, 0.6) is 0 Å². The first kappa shape index (κ1) is 15.7. The number of hydrogen-bond donors (Lipinski definition) is 1. The quantitative estimate of drug-likeness (QED) is 0.818. The molecule has 0 radical (unpaired) electrons. The monoisotopic (exact) mass is 264 g/mol. The van der Waals surface area contributed by atoms with Gasteiger partial charge in [-0.3, -0.25) is 0 Å². The third-order valence-corrected chi connectivity index (χ3v) is 3.29. The molecule has 4 nitrogen and oxygen atoms in total. The highest BCUT2D eigenvalue weighted by atomic mass is 15.2. The molecule has 1 unspecified atom stereocenters. The minimum Gasteiger partial charge on any atom is -0.357 e. The molecular weight excluding hydrogens is 236 g/mol. The standard InChI is InChI=1S/C15H28N4/c1-7-8-16-15-17-10-12(4)14(18-15)19(6)13(5)9-11(2)3/h10-11,13H,7-9H2,1-6H3,(H,16,17,18). The molecule has 1 atom stereocenters. The van der Waals surface area contributed by atoms with Gasteiger partial charge in [-0.25, -0.2) is 4.98 Å². The van der Waals surface area contributed by atoms with Gasteiger partial charge < -0.3 is 10.2 Å². The Morgan fingerprint density at radius 2 is 2.00 bits per heavy atom. The maximum Gasteiger partial charge on any atom is 0.224 e. The summed E-state index contributed by atoms with van der Waals surface area (Å²) in [5.41, 5.74) is 1.13. The van der Waals surface area contributed by atoms with E-state index < -0.39 is 0 Å². The molecule has 1 N–H and O–H groups in total. The Morgan fingerprint density at radius 3 is 2.58 bits per heavy atom. The summed E-state index contributed by atoms with van der Waals surface area (Å²) in [5, 5.41) is 3.25. The Bertz CT molecular complexity index is 390. The number of aryl methyl sites for hydroxylation is 1. The number of hydrogen-bond acceptors (Lipinski definition) is 4. The van der Waals surface area contributed by atoms with Gasteiger partial charge in [0.05, 0.1) is 0 Å². The fourth-order valence-corrected chi connectivity index (χ4v) is 2.16. The lowest BCUT2D eigenvalue weighted by molar-refractivity contribution is 0.501. The molecule has 1 aromatic heterocycles. The largest absolute Gasteiger partial charge is 0.357 e. The zero-order valence-corrected chi connectivity index (χ0v) is 13.2. The van der Waals surface area contributed by atoms with Gasteiger partial charge in [0.25, 0.3) is 0 Å². The maximum atomic E-state index is 4.64. The van der Waals surface area contributed by atoms with Gasteiger partial charge in [0.1, 0.15) is 5.82 Å². The molecule has 1 aromatic rings. The number of anilines is 2. The van der Waals surface area contributed by atoms with E-state index in [2.05, 4.69) is 61.9 Å². The highest BCUT2D eigenvalue weighted by Gasteiger charge is 2.15. The van der Waals surface area contributed by atoms with Gasteiger partial charge in [-0.05, 0) is 32.6 Å². The Kier molecular flexibility index (Phi) is 6.06. The van der Waals surface area contributed by atoms with E-state index >= 15 is 0 Å². The van der Waals surface area contributed by atoms with E-state index in [1.165, 1.54) is 0 Å². The second-order valence-corrected chi connectivity index (χ2v) is 5.72. The summed E-state index contributed by atoms with van der Waals surface area (Å²) in [4.78, 5) is 11.2. The molecule has 108 valence electrons. The van der Waals surface area contributed by atoms with Crippen LogP contribution in [0, 0.1) is 12.8 Å². The van der Waals surface area contributed by atoms with E-state index in [4.69, 9.17) is 0 Å². The van der Waals surface area contributed by atoms with Crippen molar-refractivity contribution < 1.29 is 0 Å². The van der Waals surface area contributed by atoms with E-state index in [1.54, 1.807) is 0 Å². The van der Waals surface area contributed by atoms with Crippen LogP contribution >= 0.6 is 0 Å². The van der Waals surface area contributed by atoms with Crippen LogP contribution in [0.25, 0.3) is 0 Å².